The molecule has 0 unspecified atom stereocenters. The van der Waals surface area contributed by atoms with Crippen LogP contribution in [0.2, 0.25) is 10.0 Å². The number of nitrogens with two attached hydrogens (primary N) is 1. The molecule has 0 saturated carbocycles. The monoisotopic (exact) mass is 303 g/mol. The molecule has 3 aromatic rings. The first-order valence-electron chi connectivity index (χ1n) is 5.99. The SMILES string of the molecule is Nc1ccc(Nc2cc(Cl)cc(Cl)c2)c2cnccc12. The third-order valence-electron chi connectivity index (χ3n) is 2.99. The molecule has 0 radical (unpaired) electrons. The Balaban J connectivity index is 2.09. The first kappa shape index (κ1) is 13.0. The van der Waals surface area contributed by atoms with E-state index in [4.69, 9.17) is 28.9 Å². The van der Waals surface area contributed by atoms with Crippen LogP contribution >= 0.6 is 23.2 Å². The minimum Gasteiger partial charge on any atom is -0.398 e. The molecule has 0 aliphatic carbocycles. The van der Waals surface area contributed by atoms with Gasteiger partial charge in [-0.1, -0.05) is 23.2 Å². The number of hydrogen-bond donors (Lipinski definition) is 2. The molecule has 1 heterocycles. The van der Waals surface area contributed by atoms with E-state index in [0.29, 0.717) is 10.0 Å². The summed E-state index contributed by atoms with van der Waals surface area (Å²) in [7, 11) is 0. The molecule has 2 aromatic carbocycles. The van der Waals surface area contributed by atoms with E-state index >= 15 is 0 Å². The molecule has 20 heavy (non-hydrogen) atoms. The van der Waals surface area contributed by atoms with Crippen LogP contribution in [-0.4, -0.2) is 4.98 Å². The molecule has 0 fully saturated rings. The normalized spacial score (nSPS) is 10.7. The van der Waals surface area contributed by atoms with Gasteiger partial charge in [-0.15, -0.1) is 0 Å². The largest absolute Gasteiger partial charge is 0.398 e. The number of nitrogens with one attached hydrogen (secondary N) is 1. The van der Waals surface area contributed by atoms with Crippen molar-refractivity contribution in [1.29, 1.82) is 0 Å². The Bertz CT molecular complexity index is 767. The zero-order valence-corrected chi connectivity index (χ0v) is 11.9. The van der Waals surface area contributed by atoms with Crippen LogP contribution < -0.4 is 11.1 Å². The highest BCUT2D eigenvalue weighted by Gasteiger charge is 2.05. The van der Waals surface area contributed by atoms with Crippen LogP contribution in [0.25, 0.3) is 10.8 Å². The fraction of sp³-hybridized carbons (Fsp3) is 0. The zero-order valence-electron chi connectivity index (χ0n) is 10.4. The summed E-state index contributed by atoms with van der Waals surface area (Å²) in [4.78, 5) is 4.14. The maximum absolute atomic E-state index is 6.00. The minimum absolute atomic E-state index is 0.581. The second-order valence-corrected chi connectivity index (χ2v) is 5.28. The van der Waals surface area contributed by atoms with Crippen molar-refractivity contribution in [3.05, 3.63) is 58.8 Å². The lowest BCUT2D eigenvalue weighted by molar-refractivity contribution is 1.36. The number of fused-ring (bicyclic) bond motifs is 1. The summed E-state index contributed by atoms with van der Waals surface area (Å²) in [6.45, 7) is 0. The Kier molecular flexibility index (Phi) is 3.38. The number of nitrogens with zero attached hydrogens (tertiary/aromatic N) is 1. The molecule has 0 atom stereocenters. The van der Waals surface area contributed by atoms with Crippen LogP contribution in [0.15, 0.2) is 48.8 Å². The van der Waals surface area contributed by atoms with Crippen LogP contribution in [0.5, 0.6) is 0 Å². The van der Waals surface area contributed by atoms with Gasteiger partial charge in [-0.3, -0.25) is 4.98 Å². The topological polar surface area (TPSA) is 50.9 Å². The molecular formula is C15H11Cl2N3. The molecule has 3 nitrogen and oxygen atoms in total. The number of anilines is 3. The number of nitrogen functional groups attached to an aromatic ring is 1. The van der Waals surface area contributed by atoms with E-state index in [2.05, 4.69) is 10.3 Å². The van der Waals surface area contributed by atoms with Crippen molar-refractivity contribution < 1.29 is 0 Å². The standard InChI is InChI=1S/C15H11Cl2N3/c16-9-5-10(17)7-11(6-9)20-15-2-1-14(18)12-3-4-19-8-13(12)15/h1-8,20H,18H2. The smallest absolute Gasteiger partial charge is 0.0481 e. The summed E-state index contributed by atoms with van der Waals surface area (Å²) < 4.78 is 0. The fourth-order valence-corrected chi connectivity index (χ4v) is 2.63. The number of benzene rings is 2. The Labute approximate surface area is 126 Å². The molecule has 1 aromatic heterocycles. The first-order valence-corrected chi connectivity index (χ1v) is 6.74. The molecule has 0 bridgehead atoms. The van der Waals surface area contributed by atoms with Gasteiger partial charge < -0.3 is 11.1 Å². The highest BCUT2D eigenvalue weighted by atomic mass is 35.5. The lowest BCUT2D eigenvalue weighted by Crippen LogP contribution is -1.94. The van der Waals surface area contributed by atoms with Crippen molar-refractivity contribution >= 4 is 51.0 Å². The van der Waals surface area contributed by atoms with Gasteiger partial charge in [-0.2, -0.15) is 0 Å². The molecule has 0 amide bonds. The van der Waals surface area contributed by atoms with Crippen molar-refractivity contribution in [2.75, 3.05) is 11.1 Å². The number of halogens is 2. The predicted octanol–water partition coefficient (Wildman–Crippen LogP) is 4.87. The lowest BCUT2D eigenvalue weighted by atomic mass is 10.1. The van der Waals surface area contributed by atoms with E-state index in [1.165, 1.54) is 0 Å². The van der Waals surface area contributed by atoms with Gasteiger partial charge in [-0.05, 0) is 36.4 Å². The van der Waals surface area contributed by atoms with E-state index in [1.807, 2.05) is 30.3 Å². The second kappa shape index (κ2) is 5.19. The van der Waals surface area contributed by atoms with Crippen LogP contribution in [0.4, 0.5) is 17.1 Å². The number of rotatable bonds is 2. The van der Waals surface area contributed by atoms with Crippen molar-refractivity contribution in [1.82, 2.24) is 4.98 Å². The Morgan fingerprint density at radius 3 is 2.45 bits per heavy atom. The summed E-state index contributed by atoms with van der Waals surface area (Å²) in [5.41, 5.74) is 8.41. The average molecular weight is 304 g/mol. The van der Waals surface area contributed by atoms with Crippen molar-refractivity contribution in [3.63, 3.8) is 0 Å². The summed E-state index contributed by atoms with van der Waals surface area (Å²) in [5.74, 6) is 0. The van der Waals surface area contributed by atoms with Gasteiger partial charge in [0, 0.05) is 50.3 Å². The van der Waals surface area contributed by atoms with Crippen molar-refractivity contribution in [2.45, 2.75) is 0 Å². The molecule has 100 valence electrons. The number of aromatic nitrogens is 1. The van der Waals surface area contributed by atoms with Gasteiger partial charge in [0.15, 0.2) is 0 Å². The molecular weight excluding hydrogens is 293 g/mol. The third-order valence-corrected chi connectivity index (χ3v) is 3.43. The summed E-state index contributed by atoms with van der Waals surface area (Å²) >= 11 is 12.0. The first-order chi connectivity index (χ1) is 9.63. The van der Waals surface area contributed by atoms with Gasteiger partial charge >= 0.3 is 0 Å². The van der Waals surface area contributed by atoms with Gasteiger partial charge in [0.2, 0.25) is 0 Å². The molecule has 3 N–H and O–H groups in total. The molecule has 3 rings (SSSR count). The summed E-state index contributed by atoms with van der Waals surface area (Å²) in [5, 5.41) is 6.36. The van der Waals surface area contributed by atoms with Gasteiger partial charge in [0.25, 0.3) is 0 Å². The van der Waals surface area contributed by atoms with E-state index in [1.54, 1.807) is 18.5 Å². The van der Waals surface area contributed by atoms with Gasteiger partial charge in [0.05, 0.1) is 0 Å². The Hall–Kier alpha value is -1.97. The summed E-state index contributed by atoms with van der Waals surface area (Å²) in [6, 6.07) is 11.0. The van der Waals surface area contributed by atoms with Crippen molar-refractivity contribution in [3.8, 4) is 0 Å². The number of pyridine rings is 1. The maximum Gasteiger partial charge on any atom is 0.0481 e. The predicted molar refractivity (Wildman–Crippen MR) is 85.9 cm³/mol. The van der Waals surface area contributed by atoms with Crippen LogP contribution in [-0.2, 0) is 0 Å². The van der Waals surface area contributed by atoms with Crippen molar-refractivity contribution in [2.24, 2.45) is 0 Å². The Morgan fingerprint density at radius 1 is 0.950 bits per heavy atom. The highest BCUT2D eigenvalue weighted by Crippen LogP contribution is 2.31. The highest BCUT2D eigenvalue weighted by molar-refractivity contribution is 6.35. The Morgan fingerprint density at radius 2 is 1.70 bits per heavy atom. The fourth-order valence-electron chi connectivity index (χ4n) is 2.10. The van der Waals surface area contributed by atoms with E-state index < -0.39 is 0 Å². The quantitative estimate of drug-likeness (QED) is 0.664. The van der Waals surface area contributed by atoms with E-state index in [-0.39, 0.29) is 0 Å². The third kappa shape index (κ3) is 2.50. The van der Waals surface area contributed by atoms with Crippen LogP contribution in [0.1, 0.15) is 0 Å². The van der Waals surface area contributed by atoms with E-state index in [9.17, 15) is 0 Å². The summed E-state index contributed by atoms with van der Waals surface area (Å²) in [6.07, 6.45) is 3.50. The molecule has 0 aliphatic rings. The average Bonchev–Trinajstić information content (AvgIpc) is 2.41. The van der Waals surface area contributed by atoms with Crippen LogP contribution in [0, 0.1) is 0 Å². The molecule has 0 saturated heterocycles. The molecule has 5 heteroatoms. The zero-order chi connectivity index (χ0) is 14.1. The maximum atomic E-state index is 6.00. The van der Waals surface area contributed by atoms with Crippen LogP contribution in [0.3, 0.4) is 0 Å². The minimum atomic E-state index is 0.581. The molecule has 0 aliphatic heterocycles. The van der Waals surface area contributed by atoms with E-state index in [0.717, 1.165) is 27.8 Å². The van der Waals surface area contributed by atoms with Gasteiger partial charge in [-0.25, -0.2) is 0 Å². The second-order valence-electron chi connectivity index (χ2n) is 4.41. The number of hydrogen-bond acceptors (Lipinski definition) is 3. The lowest BCUT2D eigenvalue weighted by Gasteiger charge is -2.11. The molecule has 0 spiro atoms. The van der Waals surface area contributed by atoms with Gasteiger partial charge in [0.1, 0.15) is 0 Å².